The van der Waals surface area contributed by atoms with Gasteiger partial charge in [0.2, 0.25) is 10.0 Å². The van der Waals surface area contributed by atoms with E-state index < -0.39 is 15.6 Å². The van der Waals surface area contributed by atoms with Crippen LogP contribution in [0.3, 0.4) is 0 Å². The Hall–Kier alpha value is -0.980. The van der Waals surface area contributed by atoms with Crippen LogP contribution in [0.1, 0.15) is 25.8 Å². The molecule has 114 valence electrons. The van der Waals surface area contributed by atoms with Gasteiger partial charge in [0.25, 0.3) is 0 Å². The number of hydrogen-bond donors (Lipinski definition) is 1. The van der Waals surface area contributed by atoms with E-state index in [4.69, 9.17) is 0 Å². The van der Waals surface area contributed by atoms with Crippen LogP contribution in [0.15, 0.2) is 35.4 Å². The zero-order chi connectivity index (χ0) is 15.7. The lowest BCUT2D eigenvalue weighted by molar-refractivity contribution is 0.450. The molecular formula is C15H19BrN2O2S. The third-order valence-corrected chi connectivity index (χ3v) is 6.61. The summed E-state index contributed by atoms with van der Waals surface area (Å²) in [6, 6.07) is 6.99. The molecule has 1 atom stereocenters. The average Bonchev–Trinajstić information content (AvgIpc) is 2.47. The van der Waals surface area contributed by atoms with Crippen molar-refractivity contribution in [3.63, 3.8) is 0 Å². The van der Waals surface area contributed by atoms with E-state index in [1.807, 2.05) is 20.8 Å². The molecule has 1 aromatic heterocycles. The summed E-state index contributed by atoms with van der Waals surface area (Å²) in [5.41, 5.74) is 1.17. The van der Waals surface area contributed by atoms with Crippen molar-refractivity contribution in [1.29, 1.82) is 0 Å². The predicted octanol–water partition coefficient (Wildman–Crippen LogP) is 3.39. The molecular weight excluding hydrogens is 352 g/mol. The van der Waals surface area contributed by atoms with Crippen molar-refractivity contribution in [3.05, 3.63) is 36.0 Å². The number of benzene rings is 1. The summed E-state index contributed by atoms with van der Waals surface area (Å²) >= 11 is 3.38. The Morgan fingerprint density at radius 2 is 2.05 bits per heavy atom. The molecule has 1 aromatic carbocycles. The highest BCUT2D eigenvalue weighted by Gasteiger charge is 2.29. The van der Waals surface area contributed by atoms with Crippen LogP contribution in [0.2, 0.25) is 0 Å². The van der Waals surface area contributed by atoms with Crippen molar-refractivity contribution in [1.82, 2.24) is 9.71 Å². The Kier molecular flexibility index (Phi) is 4.70. The van der Waals surface area contributed by atoms with Gasteiger partial charge in [-0.15, -0.1) is 0 Å². The van der Waals surface area contributed by atoms with Crippen LogP contribution < -0.4 is 4.72 Å². The molecule has 0 saturated heterocycles. The minimum Gasteiger partial charge on any atom is -0.256 e. The second kappa shape index (κ2) is 6.02. The second-order valence-corrected chi connectivity index (χ2v) is 7.65. The molecule has 0 aliphatic rings. The second-order valence-electron chi connectivity index (χ2n) is 5.43. The maximum absolute atomic E-state index is 12.7. The molecule has 1 heterocycles. The third-order valence-electron chi connectivity index (χ3n) is 3.68. The molecule has 0 amide bonds. The monoisotopic (exact) mass is 370 g/mol. The lowest BCUT2D eigenvalue weighted by atomic mass is 10.0. The first-order valence-corrected chi connectivity index (χ1v) is 9.38. The lowest BCUT2D eigenvalue weighted by Crippen LogP contribution is -2.46. The molecule has 2 aromatic rings. The first-order valence-electron chi connectivity index (χ1n) is 6.77. The minimum atomic E-state index is -3.61. The standard InChI is InChI=1S/C15H19BrN2O2S/c1-4-15(3,10-16)18-21(19,20)13-8-7-11(2)14-12(13)6-5-9-17-14/h5-9,18H,4,10H2,1-3H3. The van der Waals surface area contributed by atoms with Gasteiger partial charge in [-0.2, -0.15) is 0 Å². The molecule has 1 unspecified atom stereocenters. The largest absolute Gasteiger partial charge is 0.256 e. The van der Waals surface area contributed by atoms with Gasteiger partial charge in [0, 0.05) is 22.5 Å². The number of aryl methyl sites for hydroxylation is 1. The SMILES string of the molecule is CCC(C)(CBr)NS(=O)(=O)c1ccc(C)c2ncccc12. The van der Waals surface area contributed by atoms with E-state index in [0.29, 0.717) is 17.1 Å². The maximum Gasteiger partial charge on any atom is 0.241 e. The van der Waals surface area contributed by atoms with Gasteiger partial charge in [0.15, 0.2) is 0 Å². The van der Waals surface area contributed by atoms with E-state index in [-0.39, 0.29) is 4.90 Å². The Bertz CT molecular complexity index is 755. The molecule has 2 rings (SSSR count). The van der Waals surface area contributed by atoms with Crippen LogP contribution in [0.5, 0.6) is 0 Å². The molecule has 0 aliphatic heterocycles. The number of fused-ring (bicyclic) bond motifs is 1. The number of sulfonamides is 1. The number of nitrogens with one attached hydrogen (secondary N) is 1. The number of hydrogen-bond acceptors (Lipinski definition) is 3. The van der Waals surface area contributed by atoms with Crippen molar-refractivity contribution < 1.29 is 8.42 Å². The number of aromatic nitrogens is 1. The van der Waals surface area contributed by atoms with E-state index in [9.17, 15) is 8.42 Å². The number of nitrogens with zero attached hydrogens (tertiary/aromatic N) is 1. The molecule has 4 nitrogen and oxygen atoms in total. The van der Waals surface area contributed by atoms with Gasteiger partial charge in [-0.1, -0.05) is 28.9 Å². The maximum atomic E-state index is 12.7. The van der Waals surface area contributed by atoms with Crippen molar-refractivity contribution in [2.45, 2.75) is 37.6 Å². The molecule has 0 aliphatic carbocycles. The summed E-state index contributed by atoms with van der Waals surface area (Å²) < 4.78 is 28.3. The smallest absolute Gasteiger partial charge is 0.241 e. The van der Waals surface area contributed by atoms with E-state index >= 15 is 0 Å². The van der Waals surface area contributed by atoms with Crippen molar-refractivity contribution in [2.75, 3.05) is 5.33 Å². The topological polar surface area (TPSA) is 59.1 Å². The number of halogens is 1. The fourth-order valence-corrected chi connectivity index (χ4v) is 4.49. The number of rotatable bonds is 5. The minimum absolute atomic E-state index is 0.275. The summed E-state index contributed by atoms with van der Waals surface area (Å²) in [6.07, 6.45) is 2.37. The summed E-state index contributed by atoms with van der Waals surface area (Å²) in [6.45, 7) is 5.76. The van der Waals surface area contributed by atoms with Gasteiger partial charge in [-0.25, -0.2) is 13.1 Å². The highest BCUT2D eigenvalue weighted by atomic mass is 79.9. The normalized spacial score (nSPS) is 15.0. The van der Waals surface area contributed by atoms with Crippen molar-refractivity contribution in [3.8, 4) is 0 Å². The van der Waals surface area contributed by atoms with E-state index in [1.165, 1.54) is 0 Å². The zero-order valence-electron chi connectivity index (χ0n) is 12.4. The van der Waals surface area contributed by atoms with Gasteiger partial charge in [-0.3, -0.25) is 4.98 Å². The molecule has 0 bridgehead atoms. The highest BCUT2D eigenvalue weighted by molar-refractivity contribution is 9.09. The Morgan fingerprint density at radius 3 is 2.67 bits per heavy atom. The Morgan fingerprint density at radius 1 is 1.33 bits per heavy atom. The van der Waals surface area contributed by atoms with Crippen LogP contribution in [0.25, 0.3) is 10.9 Å². The summed E-state index contributed by atoms with van der Waals surface area (Å²) in [5.74, 6) is 0. The summed E-state index contributed by atoms with van der Waals surface area (Å²) in [4.78, 5) is 4.57. The van der Waals surface area contributed by atoms with Gasteiger partial charge in [0.05, 0.1) is 10.4 Å². The van der Waals surface area contributed by atoms with Crippen molar-refractivity contribution >= 4 is 36.9 Å². The van der Waals surface area contributed by atoms with Crippen LogP contribution in [-0.4, -0.2) is 24.3 Å². The first-order chi connectivity index (χ1) is 9.83. The van der Waals surface area contributed by atoms with E-state index in [2.05, 4.69) is 25.6 Å². The number of alkyl halides is 1. The predicted molar refractivity (Wildman–Crippen MR) is 89.3 cm³/mol. The first kappa shape index (κ1) is 16.4. The Balaban J connectivity index is 2.59. The molecule has 0 spiro atoms. The fraction of sp³-hybridized carbons (Fsp3) is 0.400. The highest BCUT2D eigenvalue weighted by Crippen LogP contribution is 2.26. The van der Waals surface area contributed by atoms with E-state index in [0.717, 1.165) is 11.1 Å². The van der Waals surface area contributed by atoms with Crippen LogP contribution in [-0.2, 0) is 10.0 Å². The van der Waals surface area contributed by atoms with Gasteiger partial charge < -0.3 is 0 Å². The third kappa shape index (κ3) is 3.27. The van der Waals surface area contributed by atoms with Crippen LogP contribution in [0, 0.1) is 6.92 Å². The van der Waals surface area contributed by atoms with Crippen LogP contribution in [0.4, 0.5) is 0 Å². The fourth-order valence-electron chi connectivity index (χ4n) is 2.10. The molecule has 0 radical (unpaired) electrons. The molecule has 6 heteroatoms. The van der Waals surface area contributed by atoms with Gasteiger partial charge >= 0.3 is 0 Å². The Labute approximate surface area is 134 Å². The van der Waals surface area contributed by atoms with E-state index in [1.54, 1.807) is 30.5 Å². The summed E-state index contributed by atoms with van der Waals surface area (Å²) in [5, 5.41) is 1.20. The van der Waals surface area contributed by atoms with Gasteiger partial charge in [0.1, 0.15) is 0 Å². The summed E-state index contributed by atoms with van der Waals surface area (Å²) in [7, 11) is -3.61. The molecule has 0 fully saturated rings. The lowest BCUT2D eigenvalue weighted by Gasteiger charge is -2.27. The van der Waals surface area contributed by atoms with Crippen molar-refractivity contribution in [2.24, 2.45) is 0 Å². The molecule has 21 heavy (non-hydrogen) atoms. The molecule has 0 saturated carbocycles. The van der Waals surface area contributed by atoms with Gasteiger partial charge in [-0.05, 0) is 44.0 Å². The average molecular weight is 371 g/mol. The molecule has 1 N–H and O–H groups in total. The number of pyridine rings is 1. The quantitative estimate of drug-likeness (QED) is 0.820. The zero-order valence-corrected chi connectivity index (χ0v) is 14.8. The van der Waals surface area contributed by atoms with Crippen LogP contribution >= 0.6 is 15.9 Å².